The van der Waals surface area contributed by atoms with Crippen LogP contribution in [0, 0.1) is 5.92 Å². The molecule has 1 aliphatic carbocycles. The average molecular weight is 182 g/mol. The van der Waals surface area contributed by atoms with E-state index in [4.69, 9.17) is 4.74 Å². The summed E-state index contributed by atoms with van der Waals surface area (Å²) in [5.41, 5.74) is 0. The quantitative estimate of drug-likeness (QED) is 0.613. The third kappa shape index (κ3) is 2.23. The Labute approximate surface area is 81.3 Å². The van der Waals surface area contributed by atoms with Crippen molar-refractivity contribution in [3.63, 3.8) is 0 Å². The molecule has 0 spiro atoms. The number of likely N-dealkylation sites (N-methyl/N-ethyl adjacent to an activating group) is 1. The van der Waals surface area contributed by atoms with E-state index in [-0.39, 0.29) is 0 Å². The van der Waals surface area contributed by atoms with Gasteiger partial charge in [-0.15, -0.1) is 0 Å². The van der Waals surface area contributed by atoms with Gasteiger partial charge in [0.1, 0.15) is 0 Å². The van der Waals surface area contributed by atoms with Crippen LogP contribution in [0.2, 0.25) is 0 Å². The summed E-state index contributed by atoms with van der Waals surface area (Å²) >= 11 is 0. The number of ether oxygens (including phenoxy) is 1. The highest BCUT2D eigenvalue weighted by Gasteiger charge is 2.29. The van der Waals surface area contributed by atoms with E-state index in [2.05, 4.69) is 11.9 Å². The topological polar surface area (TPSA) is 12.5 Å². The maximum absolute atomic E-state index is 5.54. The molecule has 1 unspecified atom stereocenters. The Morgan fingerprint density at radius 3 is 2.69 bits per heavy atom. The van der Waals surface area contributed by atoms with Crippen molar-refractivity contribution >= 4 is 0 Å². The molecule has 0 aromatic rings. The van der Waals surface area contributed by atoms with Crippen LogP contribution in [0.3, 0.4) is 0 Å². The van der Waals surface area contributed by atoms with Crippen molar-refractivity contribution in [1.29, 1.82) is 0 Å². The molecule has 1 atom stereocenters. The van der Waals surface area contributed by atoms with E-state index in [1.54, 1.807) is 5.92 Å². The molecule has 1 heterocycles. The van der Waals surface area contributed by atoms with Gasteiger partial charge in [-0.05, 0) is 25.8 Å². The number of hydrogen-bond donors (Lipinski definition) is 0. The highest BCUT2D eigenvalue weighted by atomic mass is 16.5. The van der Waals surface area contributed by atoms with Crippen molar-refractivity contribution in [2.75, 3.05) is 26.8 Å². The highest BCUT2D eigenvalue weighted by molar-refractivity contribution is 5.04. The largest absolute Gasteiger partial charge is 0.378 e. The molecule has 0 amide bonds. The van der Waals surface area contributed by atoms with E-state index in [9.17, 15) is 0 Å². The molecule has 2 heteroatoms. The van der Waals surface area contributed by atoms with Crippen LogP contribution in [-0.2, 0) is 4.74 Å². The Hall–Kier alpha value is -0.0800. The summed E-state index contributed by atoms with van der Waals surface area (Å²) in [5.74, 6) is 1.74. The minimum absolute atomic E-state index is 0.633. The molecule has 75 valence electrons. The molecule has 0 bridgehead atoms. The number of rotatable bonds is 1. The number of nitrogens with zero attached hydrogens (tertiary/aromatic N) is 1. The molecule has 1 aliphatic heterocycles. The lowest BCUT2D eigenvalue weighted by molar-refractivity contribution is 0.00703. The van der Waals surface area contributed by atoms with Crippen LogP contribution < -0.4 is 0 Å². The summed E-state index contributed by atoms with van der Waals surface area (Å²) in [4.78, 5) is 2.46. The molecule has 2 nitrogen and oxygen atoms in total. The van der Waals surface area contributed by atoms with Gasteiger partial charge in [0.2, 0.25) is 0 Å². The normalized spacial score (nSPS) is 33.5. The van der Waals surface area contributed by atoms with Gasteiger partial charge < -0.3 is 4.74 Å². The predicted molar refractivity (Wildman–Crippen MR) is 53.6 cm³/mol. The van der Waals surface area contributed by atoms with Crippen molar-refractivity contribution in [3.05, 3.63) is 5.92 Å². The Bertz CT molecular complexity index is 154. The molecule has 2 rings (SSSR count). The predicted octanol–water partition coefficient (Wildman–Crippen LogP) is 1.86. The molecular formula is C11H20NO. The first-order valence-electron chi connectivity index (χ1n) is 5.50. The van der Waals surface area contributed by atoms with Crippen molar-refractivity contribution in [2.24, 2.45) is 0 Å². The maximum atomic E-state index is 5.54. The van der Waals surface area contributed by atoms with Crippen molar-refractivity contribution < 1.29 is 4.74 Å². The Morgan fingerprint density at radius 1 is 1.23 bits per heavy atom. The second kappa shape index (κ2) is 4.43. The zero-order valence-corrected chi connectivity index (χ0v) is 8.59. The van der Waals surface area contributed by atoms with Gasteiger partial charge in [0, 0.05) is 12.6 Å². The zero-order valence-electron chi connectivity index (χ0n) is 8.59. The molecule has 13 heavy (non-hydrogen) atoms. The fraction of sp³-hybridized carbons (Fsp3) is 0.909. The third-order valence-electron chi connectivity index (χ3n) is 3.36. The van der Waals surface area contributed by atoms with E-state index in [1.807, 2.05) is 0 Å². The van der Waals surface area contributed by atoms with Gasteiger partial charge >= 0.3 is 0 Å². The summed E-state index contributed by atoms with van der Waals surface area (Å²) in [6.07, 6.45) is 6.93. The molecular weight excluding hydrogens is 162 g/mol. The summed E-state index contributed by atoms with van der Waals surface area (Å²) < 4.78 is 5.54. The van der Waals surface area contributed by atoms with Crippen LogP contribution in [0.25, 0.3) is 0 Å². The second-order valence-corrected chi connectivity index (χ2v) is 4.29. The number of hydrogen-bond acceptors (Lipinski definition) is 2. The van der Waals surface area contributed by atoms with Gasteiger partial charge in [-0.1, -0.05) is 19.3 Å². The van der Waals surface area contributed by atoms with Crippen LogP contribution in [0.1, 0.15) is 32.1 Å². The molecule has 0 aromatic heterocycles. The minimum atomic E-state index is 0.633. The smallest absolute Gasteiger partial charge is 0.0628 e. The Morgan fingerprint density at radius 2 is 2.00 bits per heavy atom. The van der Waals surface area contributed by atoms with E-state index in [1.165, 1.54) is 32.1 Å². The molecule has 2 fully saturated rings. The van der Waals surface area contributed by atoms with Gasteiger partial charge in [-0.3, -0.25) is 4.90 Å². The maximum Gasteiger partial charge on any atom is 0.0628 e. The van der Waals surface area contributed by atoms with Gasteiger partial charge in [-0.2, -0.15) is 0 Å². The van der Waals surface area contributed by atoms with Gasteiger partial charge in [0.05, 0.1) is 13.2 Å². The Kier molecular flexibility index (Phi) is 3.23. The van der Waals surface area contributed by atoms with E-state index < -0.39 is 0 Å². The van der Waals surface area contributed by atoms with Crippen LogP contribution in [-0.4, -0.2) is 37.7 Å². The summed E-state index contributed by atoms with van der Waals surface area (Å²) in [7, 11) is 2.23. The fourth-order valence-corrected chi connectivity index (χ4v) is 2.46. The van der Waals surface area contributed by atoms with Gasteiger partial charge in [0.15, 0.2) is 0 Å². The fourth-order valence-electron chi connectivity index (χ4n) is 2.46. The molecule has 0 aromatic carbocycles. The van der Waals surface area contributed by atoms with E-state index in [0.29, 0.717) is 6.04 Å². The Balaban J connectivity index is 1.88. The van der Waals surface area contributed by atoms with E-state index >= 15 is 0 Å². The third-order valence-corrected chi connectivity index (χ3v) is 3.36. The lowest BCUT2D eigenvalue weighted by Crippen LogP contribution is -2.46. The molecule has 1 radical (unpaired) electrons. The first-order valence-corrected chi connectivity index (χ1v) is 5.50. The second-order valence-electron chi connectivity index (χ2n) is 4.29. The van der Waals surface area contributed by atoms with Crippen molar-refractivity contribution in [3.8, 4) is 0 Å². The standard InChI is InChI=1S/C11H20NO/c1-12-7-8-13-9-11(12)10-5-3-2-4-6-10/h11H,2-9H2,1H3. The highest BCUT2D eigenvalue weighted by Crippen LogP contribution is 2.31. The van der Waals surface area contributed by atoms with Gasteiger partial charge in [0.25, 0.3) is 0 Å². The summed E-state index contributed by atoms with van der Waals surface area (Å²) in [5, 5.41) is 0. The van der Waals surface area contributed by atoms with Gasteiger partial charge in [-0.25, -0.2) is 0 Å². The zero-order chi connectivity index (χ0) is 9.10. The first-order chi connectivity index (χ1) is 6.38. The molecule has 0 N–H and O–H groups in total. The lowest BCUT2D eigenvalue weighted by atomic mass is 9.83. The first kappa shape index (κ1) is 9.47. The van der Waals surface area contributed by atoms with Crippen molar-refractivity contribution in [2.45, 2.75) is 38.1 Å². The summed E-state index contributed by atoms with van der Waals surface area (Å²) in [6, 6.07) is 0.633. The van der Waals surface area contributed by atoms with E-state index in [0.717, 1.165) is 19.8 Å². The SMILES string of the molecule is CN1CCOCC1[C]1CCCCC1. The molecule has 1 saturated carbocycles. The van der Waals surface area contributed by atoms with Crippen LogP contribution in [0.4, 0.5) is 0 Å². The van der Waals surface area contributed by atoms with Crippen LogP contribution >= 0.6 is 0 Å². The number of morpholine rings is 1. The van der Waals surface area contributed by atoms with Crippen molar-refractivity contribution in [1.82, 2.24) is 4.90 Å². The average Bonchev–Trinajstić information content (AvgIpc) is 2.20. The monoisotopic (exact) mass is 182 g/mol. The van der Waals surface area contributed by atoms with Crippen LogP contribution in [0.15, 0.2) is 0 Å². The lowest BCUT2D eigenvalue weighted by Gasteiger charge is -2.39. The summed E-state index contributed by atoms with van der Waals surface area (Å²) in [6.45, 7) is 2.96. The molecule has 1 saturated heterocycles. The molecule has 2 aliphatic rings. The minimum Gasteiger partial charge on any atom is -0.378 e. The van der Waals surface area contributed by atoms with Crippen LogP contribution in [0.5, 0.6) is 0 Å².